The highest BCUT2D eigenvalue weighted by molar-refractivity contribution is 5.79. The summed E-state index contributed by atoms with van der Waals surface area (Å²) in [6.45, 7) is 3.73. The lowest BCUT2D eigenvalue weighted by Gasteiger charge is -2.44. The molecule has 1 aliphatic carbocycles. The molecule has 0 aromatic heterocycles. The first-order valence-corrected chi connectivity index (χ1v) is 7.41. The Balaban J connectivity index is 2.11. The number of carboxylic acids is 1. The Morgan fingerprint density at radius 2 is 2.11 bits per heavy atom. The maximum absolute atomic E-state index is 11.8. The van der Waals surface area contributed by atoms with Gasteiger partial charge in [0.05, 0.1) is 0 Å². The van der Waals surface area contributed by atoms with Crippen molar-refractivity contribution in [3.8, 4) is 0 Å². The zero-order valence-electron chi connectivity index (χ0n) is 11.4. The molecule has 4 nitrogen and oxygen atoms in total. The number of carbonyl (C=O) groups is 1. The van der Waals surface area contributed by atoms with Gasteiger partial charge < -0.3 is 10.4 Å². The molecule has 0 aromatic carbocycles. The molecule has 1 aliphatic heterocycles. The largest absolute Gasteiger partial charge is 0.480 e. The number of nitrogens with one attached hydrogen (secondary N) is 2. The minimum absolute atomic E-state index is 0.200. The molecule has 0 amide bonds. The Labute approximate surface area is 110 Å². The zero-order chi connectivity index (χ0) is 13.0. The standard InChI is InChI=1S/C14H26N2O2/c1-2-11-10-15-9-8-14(11,13(17)18)16-12-6-4-3-5-7-12/h11-12,15-16H,2-10H2,1H3,(H,17,18). The van der Waals surface area contributed by atoms with E-state index < -0.39 is 11.5 Å². The second-order valence-electron chi connectivity index (χ2n) is 5.82. The van der Waals surface area contributed by atoms with E-state index in [1.54, 1.807) is 0 Å². The fourth-order valence-electron chi connectivity index (χ4n) is 3.58. The fourth-order valence-corrected chi connectivity index (χ4v) is 3.58. The highest BCUT2D eigenvalue weighted by atomic mass is 16.4. The van der Waals surface area contributed by atoms with Crippen LogP contribution in [0.4, 0.5) is 0 Å². The van der Waals surface area contributed by atoms with E-state index in [0.29, 0.717) is 12.5 Å². The molecule has 0 bridgehead atoms. The number of piperidine rings is 1. The van der Waals surface area contributed by atoms with Crippen LogP contribution >= 0.6 is 0 Å². The molecule has 0 aromatic rings. The summed E-state index contributed by atoms with van der Waals surface area (Å²) in [5, 5.41) is 16.6. The fraction of sp³-hybridized carbons (Fsp3) is 0.929. The van der Waals surface area contributed by atoms with Gasteiger partial charge in [-0.1, -0.05) is 26.2 Å². The molecule has 2 fully saturated rings. The lowest BCUT2D eigenvalue weighted by molar-refractivity contribution is -0.149. The molecule has 0 spiro atoms. The third-order valence-corrected chi connectivity index (χ3v) is 4.73. The highest BCUT2D eigenvalue weighted by Gasteiger charge is 2.47. The number of carboxylic acid groups (broad SMARTS) is 1. The first-order valence-electron chi connectivity index (χ1n) is 7.41. The summed E-state index contributed by atoms with van der Waals surface area (Å²) >= 11 is 0. The summed E-state index contributed by atoms with van der Waals surface area (Å²) in [5.41, 5.74) is -0.692. The van der Waals surface area contributed by atoms with Gasteiger partial charge in [0.1, 0.15) is 5.54 Å². The SMILES string of the molecule is CCC1CNCCC1(NC1CCCCC1)C(=O)O. The van der Waals surface area contributed by atoms with E-state index >= 15 is 0 Å². The Kier molecular flexibility index (Phi) is 4.62. The monoisotopic (exact) mass is 254 g/mol. The van der Waals surface area contributed by atoms with Crippen molar-refractivity contribution >= 4 is 5.97 Å². The van der Waals surface area contributed by atoms with Gasteiger partial charge in [-0.15, -0.1) is 0 Å². The van der Waals surface area contributed by atoms with Crippen LogP contribution in [0.1, 0.15) is 51.9 Å². The molecule has 18 heavy (non-hydrogen) atoms. The lowest BCUT2D eigenvalue weighted by Crippen LogP contribution is -2.65. The van der Waals surface area contributed by atoms with Gasteiger partial charge in [-0.3, -0.25) is 10.1 Å². The number of aliphatic carboxylic acids is 1. The van der Waals surface area contributed by atoms with Gasteiger partial charge in [0, 0.05) is 18.5 Å². The summed E-state index contributed by atoms with van der Waals surface area (Å²) in [7, 11) is 0. The van der Waals surface area contributed by atoms with Gasteiger partial charge in [0.25, 0.3) is 0 Å². The van der Waals surface area contributed by atoms with Crippen molar-refractivity contribution < 1.29 is 9.90 Å². The van der Waals surface area contributed by atoms with E-state index in [9.17, 15) is 9.90 Å². The first kappa shape index (κ1) is 13.8. The maximum Gasteiger partial charge on any atom is 0.324 e. The van der Waals surface area contributed by atoms with Crippen molar-refractivity contribution in [2.75, 3.05) is 13.1 Å². The Morgan fingerprint density at radius 3 is 2.72 bits per heavy atom. The topological polar surface area (TPSA) is 61.4 Å². The number of hydrogen-bond donors (Lipinski definition) is 3. The van der Waals surface area contributed by atoms with Gasteiger partial charge in [0.15, 0.2) is 0 Å². The summed E-state index contributed by atoms with van der Waals surface area (Å²) in [6, 6.07) is 0.405. The van der Waals surface area contributed by atoms with E-state index in [2.05, 4.69) is 17.6 Å². The van der Waals surface area contributed by atoms with Crippen molar-refractivity contribution in [1.82, 2.24) is 10.6 Å². The van der Waals surface area contributed by atoms with Crippen molar-refractivity contribution in [1.29, 1.82) is 0 Å². The quantitative estimate of drug-likeness (QED) is 0.715. The summed E-state index contributed by atoms with van der Waals surface area (Å²) in [5.74, 6) is -0.452. The number of rotatable bonds is 4. The van der Waals surface area contributed by atoms with Crippen LogP contribution in [-0.2, 0) is 4.79 Å². The predicted molar refractivity (Wildman–Crippen MR) is 71.6 cm³/mol. The molecule has 2 aliphatic rings. The molecule has 1 saturated carbocycles. The number of hydrogen-bond acceptors (Lipinski definition) is 3. The molecule has 4 heteroatoms. The minimum Gasteiger partial charge on any atom is -0.480 e. The van der Waals surface area contributed by atoms with Gasteiger partial charge in [-0.25, -0.2) is 0 Å². The minimum atomic E-state index is -0.692. The Morgan fingerprint density at radius 1 is 1.39 bits per heavy atom. The van der Waals surface area contributed by atoms with Crippen LogP contribution in [0.2, 0.25) is 0 Å². The van der Waals surface area contributed by atoms with E-state index in [0.717, 1.165) is 32.4 Å². The smallest absolute Gasteiger partial charge is 0.324 e. The van der Waals surface area contributed by atoms with E-state index in [1.807, 2.05) is 0 Å². The molecule has 0 radical (unpaired) electrons. The van der Waals surface area contributed by atoms with Crippen molar-refractivity contribution in [2.24, 2.45) is 5.92 Å². The van der Waals surface area contributed by atoms with Crippen LogP contribution in [0.3, 0.4) is 0 Å². The van der Waals surface area contributed by atoms with Crippen molar-refractivity contribution in [3.63, 3.8) is 0 Å². The highest BCUT2D eigenvalue weighted by Crippen LogP contribution is 2.30. The summed E-state index contributed by atoms with van der Waals surface area (Å²) in [6.07, 6.45) is 7.68. The van der Waals surface area contributed by atoms with Gasteiger partial charge >= 0.3 is 5.97 Å². The van der Waals surface area contributed by atoms with Crippen LogP contribution in [0, 0.1) is 5.92 Å². The summed E-state index contributed by atoms with van der Waals surface area (Å²) < 4.78 is 0. The van der Waals surface area contributed by atoms with Gasteiger partial charge in [-0.05, 0) is 32.2 Å². The molecule has 104 valence electrons. The van der Waals surface area contributed by atoms with Gasteiger partial charge in [-0.2, -0.15) is 0 Å². The average Bonchev–Trinajstić information content (AvgIpc) is 2.40. The third-order valence-electron chi connectivity index (χ3n) is 4.73. The van der Waals surface area contributed by atoms with Crippen LogP contribution in [0.25, 0.3) is 0 Å². The summed E-state index contributed by atoms with van der Waals surface area (Å²) in [4.78, 5) is 11.8. The molecule has 3 N–H and O–H groups in total. The third kappa shape index (κ3) is 2.69. The Bertz CT molecular complexity index is 290. The second kappa shape index (κ2) is 6.02. The van der Waals surface area contributed by atoms with Crippen LogP contribution < -0.4 is 10.6 Å². The van der Waals surface area contributed by atoms with Gasteiger partial charge in [0.2, 0.25) is 0 Å². The maximum atomic E-state index is 11.8. The van der Waals surface area contributed by atoms with Crippen molar-refractivity contribution in [2.45, 2.75) is 63.5 Å². The normalized spacial score (nSPS) is 34.4. The van der Waals surface area contributed by atoms with Crippen molar-refractivity contribution in [3.05, 3.63) is 0 Å². The zero-order valence-corrected chi connectivity index (χ0v) is 11.4. The predicted octanol–water partition coefficient (Wildman–Crippen LogP) is 1.75. The van der Waals surface area contributed by atoms with E-state index in [-0.39, 0.29) is 5.92 Å². The molecule has 2 rings (SSSR count). The first-order chi connectivity index (χ1) is 8.69. The van der Waals surface area contributed by atoms with E-state index in [1.165, 1.54) is 19.3 Å². The lowest BCUT2D eigenvalue weighted by atomic mass is 9.75. The average molecular weight is 254 g/mol. The molecular formula is C14H26N2O2. The van der Waals surface area contributed by atoms with Crippen LogP contribution in [0.15, 0.2) is 0 Å². The van der Waals surface area contributed by atoms with E-state index in [4.69, 9.17) is 0 Å². The second-order valence-corrected chi connectivity index (χ2v) is 5.82. The molecule has 2 atom stereocenters. The van der Waals surface area contributed by atoms with Crippen LogP contribution in [-0.4, -0.2) is 35.7 Å². The molecule has 1 saturated heterocycles. The molecule has 1 heterocycles. The van der Waals surface area contributed by atoms with Crippen LogP contribution in [0.5, 0.6) is 0 Å². The Hall–Kier alpha value is -0.610. The molecule has 2 unspecified atom stereocenters. The molecular weight excluding hydrogens is 228 g/mol.